The molecule has 0 aliphatic carbocycles. The molecule has 0 amide bonds. The zero-order valence-electron chi connectivity index (χ0n) is 12.2. The molecule has 2 N–H and O–H groups in total. The number of hydrogen-bond acceptors (Lipinski definition) is 4. The van der Waals surface area contributed by atoms with Crippen LogP contribution in [0.25, 0.3) is 0 Å². The predicted octanol–water partition coefficient (Wildman–Crippen LogP) is 3.69. The molecule has 1 aromatic carbocycles. The van der Waals surface area contributed by atoms with E-state index in [4.69, 9.17) is 15.2 Å². The van der Waals surface area contributed by atoms with Gasteiger partial charge in [0.25, 0.3) is 0 Å². The van der Waals surface area contributed by atoms with Gasteiger partial charge in [-0.3, -0.25) is 4.98 Å². The Kier molecular flexibility index (Phi) is 5.59. The van der Waals surface area contributed by atoms with Crippen molar-refractivity contribution in [3.63, 3.8) is 0 Å². The first-order valence-electron chi connectivity index (χ1n) is 6.91. The van der Waals surface area contributed by atoms with Gasteiger partial charge in [-0.05, 0) is 49.2 Å². The second-order valence-corrected chi connectivity index (χ2v) is 5.30. The van der Waals surface area contributed by atoms with Crippen molar-refractivity contribution in [2.75, 3.05) is 13.2 Å². The van der Waals surface area contributed by atoms with E-state index >= 15 is 0 Å². The quantitative estimate of drug-likeness (QED) is 0.862. The summed E-state index contributed by atoms with van der Waals surface area (Å²) in [7, 11) is 0. The van der Waals surface area contributed by atoms with Crippen molar-refractivity contribution >= 4 is 15.9 Å². The van der Waals surface area contributed by atoms with E-state index in [-0.39, 0.29) is 6.04 Å². The van der Waals surface area contributed by atoms with E-state index in [0.29, 0.717) is 19.0 Å². The molecule has 21 heavy (non-hydrogen) atoms. The Bertz CT molecular complexity index is 590. The topological polar surface area (TPSA) is 57.4 Å². The molecule has 0 radical (unpaired) electrons. The summed E-state index contributed by atoms with van der Waals surface area (Å²) in [5.74, 6) is 1.43. The summed E-state index contributed by atoms with van der Waals surface area (Å²) < 4.78 is 12.2. The number of benzene rings is 1. The second-order valence-electron chi connectivity index (χ2n) is 4.44. The smallest absolute Gasteiger partial charge is 0.162 e. The van der Waals surface area contributed by atoms with Crippen LogP contribution in [0.2, 0.25) is 0 Å². The normalized spacial score (nSPS) is 12.0. The lowest BCUT2D eigenvalue weighted by Crippen LogP contribution is -2.13. The van der Waals surface area contributed by atoms with Crippen molar-refractivity contribution in [3.8, 4) is 11.5 Å². The molecule has 112 valence electrons. The molecule has 0 saturated carbocycles. The van der Waals surface area contributed by atoms with E-state index in [1.54, 1.807) is 12.4 Å². The summed E-state index contributed by atoms with van der Waals surface area (Å²) >= 11 is 3.57. The van der Waals surface area contributed by atoms with Crippen LogP contribution in [0.5, 0.6) is 11.5 Å². The van der Waals surface area contributed by atoms with Gasteiger partial charge in [-0.25, -0.2) is 0 Å². The van der Waals surface area contributed by atoms with Crippen molar-refractivity contribution in [2.45, 2.75) is 19.9 Å². The third-order valence-corrected chi connectivity index (χ3v) is 3.75. The Hall–Kier alpha value is -1.59. The molecule has 0 aliphatic rings. The minimum absolute atomic E-state index is 0.253. The molecule has 2 rings (SSSR count). The van der Waals surface area contributed by atoms with E-state index in [1.165, 1.54) is 0 Å². The lowest BCUT2D eigenvalue weighted by Gasteiger charge is -2.18. The highest BCUT2D eigenvalue weighted by molar-refractivity contribution is 9.10. The van der Waals surface area contributed by atoms with Crippen LogP contribution in [-0.4, -0.2) is 18.2 Å². The average Bonchev–Trinajstić information content (AvgIpc) is 2.50. The SMILES string of the molecule is CCOc1cc(Br)c(C(N)c2ccncc2)cc1OCC. The maximum atomic E-state index is 6.35. The van der Waals surface area contributed by atoms with Gasteiger partial charge < -0.3 is 15.2 Å². The molecule has 2 aromatic rings. The Labute approximate surface area is 133 Å². The molecule has 0 fully saturated rings. The molecular weight excluding hydrogens is 332 g/mol. The largest absolute Gasteiger partial charge is 0.490 e. The molecule has 0 spiro atoms. The van der Waals surface area contributed by atoms with Gasteiger partial charge in [0.2, 0.25) is 0 Å². The molecule has 0 aliphatic heterocycles. The lowest BCUT2D eigenvalue weighted by molar-refractivity contribution is 0.287. The monoisotopic (exact) mass is 350 g/mol. The number of ether oxygens (including phenoxy) is 2. The van der Waals surface area contributed by atoms with Crippen molar-refractivity contribution in [1.82, 2.24) is 4.98 Å². The zero-order valence-corrected chi connectivity index (χ0v) is 13.8. The molecule has 1 aromatic heterocycles. The van der Waals surface area contributed by atoms with Crippen molar-refractivity contribution in [2.24, 2.45) is 5.73 Å². The Morgan fingerprint density at radius 1 is 1.10 bits per heavy atom. The average molecular weight is 351 g/mol. The van der Waals surface area contributed by atoms with Gasteiger partial charge in [0.05, 0.1) is 19.3 Å². The van der Waals surface area contributed by atoms with Gasteiger partial charge in [0, 0.05) is 16.9 Å². The summed E-state index contributed by atoms with van der Waals surface area (Å²) in [5.41, 5.74) is 8.30. The highest BCUT2D eigenvalue weighted by atomic mass is 79.9. The van der Waals surface area contributed by atoms with Crippen LogP contribution in [0.4, 0.5) is 0 Å². The lowest BCUT2D eigenvalue weighted by atomic mass is 10.0. The molecule has 0 saturated heterocycles. The minimum Gasteiger partial charge on any atom is -0.490 e. The van der Waals surface area contributed by atoms with Crippen LogP contribution in [0.3, 0.4) is 0 Å². The van der Waals surface area contributed by atoms with E-state index in [0.717, 1.165) is 21.3 Å². The number of nitrogens with two attached hydrogens (primary N) is 1. The van der Waals surface area contributed by atoms with Gasteiger partial charge in [-0.2, -0.15) is 0 Å². The fraction of sp³-hybridized carbons (Fsp3) is 0.312. The maximum absolute atomic E-state index is 6.35. The zero-order chi connectivity index (χ0) is 15.2. The Balaban J connectivity index is 2.41. The van der Waals surface area contributed by atoms with E-state index in [9.17, 15) is 0 Å². The van der Waals surface area contributed by atoms with Crippen molar-refractivity contribution < 1.29 is 9.47 Å². The minimum atomic E-state index is -0.253. The van der Waals surface area contributed by atoms with Crippen LogP contribution in [0.1, 0.15) is 31.0 Å². The van der Waals surface area contributed by atoms with Gasteiger partial charge in [0.15, 0.2) is 11.5 Å². The number of aromatic nitrogens is 1. The summed E-state index contributed by atoms with van der Waals surface area (Å²) in [6.45, 7) is 5.05. The summed E-state index contributed by atoms with van der Waals surface area (Å²) in [6, 6.07) is 7.41. The molecular formula is C16H19BrN2O2. The molecule has 1 unspecified atom stereocenters. The third-order valence-electron chi connectivity index (χ3n) is 3.06. The number of halogens is 1. The Morgan fingerprint density at radius 3 is 2.24 bits per heavy atom. The predicted molar refractivity (Wildman–Crippen MR) is 86.7 cm³/mol. The highest BCUT2D eigenvalue weighted by Crippen LogP contribution is 2.37. The summed E-state index contributed by atoms with van der Waals surface area (Å²) in [6.07, 6.45) is 3.47. The number of pyridine rings is 1. The van der Waals surface area contributed by atoms with Crippen LogP contribution >= 0.6 is 15.9 Å². The maximum Gasteiger partial charge on any atom is 0.162 e. The third kappa shape index (κ3) is 3.74. The first kappa shape index (κ1) is 15.8. The number of hydrogen-bond donors (Lipinski definition) is 1. The van der Waals surface area contributed by atoms with Gasteiger partial charge in [-0.1, -0.05) is 15.9 Å². The van der Waals surface area contributed by atoms with E-state index in [1.807, 2.05) is 38.1 Å². The van der Waals surface area contributed by atoms with Gasteiger partial charge in [0.1, 0.15) is 0 Å². The van der Waals surface area contributed by atoms with E-state index < -0.39 is 0 Å². The molecule has 1 heterocycles. The number of nitrogens with zero attached hydrogens (tertiary/aromatic N) is 1. The molecule has 4 nitrogen and oxygen atoms in total. The summed E-state index contributed by atoms with van der Waals surface area (Å²) in [4.78, 5) is 4.02. The Morgan fingerprint density at radius 2 is 1.67 bits per heavy atom. The fourth-order valence-electron chi connectivity index (χ4n) is 2.08. The van der Waals surface area contributed by atoms with Crippen molar-refractivity contribution in [3.05, 3.63) is 52.3 Å². The van der Waals surface area contributed by atoms with E-state index in [2.05, 4.69) is 20.9 Å². The second kappa shape index (κ2) is 7.43. The van der Waals surface area contributed by atoms with Crippen LogP contribution in [0.15, 0.2) is 41.1 Å². The van der Waals surface area contributed by atoms with Crippen LogP contribution in [-0.2, 0) is 0 Å². The first-order valence-corrected chi connectivity index (χ1v) is 7.71. The van der Waals surface area contributed by atoms with Crippen molar-refractivity contribution in [1.29, 1.82) is 0 Å². The van der Waals surface area contributed by atoms with Crippen LogP contribution < -0.4 is 15.2 Å². The summed E-state index contributed by atoms with van der Waals surface area (Å²) in [5, 5.41) is 0. The number of rotatable bonds is 6. The molecule has 5 heteroatoms. The van der Waals surface area contributed by atoms with Gasteiger partial charge >= 0.3 is 0 Å². The first-order chi connectivity index (χ1) is 10.2. The van der Waals surface area contributed by atoms with Crippen LogP contribution in [0, 0.1) is 0 Å². The highest BCUT2D eigenvalue weighted by Gasteiger charge is 2.17. The molecule has 1 atom stereocenters. The fourth-order valence-corrected chi connectivity index (χ4v) is 2.65. The standard InChI is InChI=1S/C16H19BrN2O2/c1-3-20-14-9-12(13(17)10-15(14)21-4-2)16(18)11-5-7-19-8-6-11/h5-10,16H,3-4,18H2,1-2H3. The van der Waals surface area contributed by atoms with Gasteiger partial charge in [-0.15, -0.1) is 0 Å². The molecule has 0 bridgehead atoms.